The van der Waals surface area contributed by atoms with Gasteiger partial charge in [0.1, 0.15) is 17.8 Å². The first-order valence-electron chi connectivity index (χ1n) is 14.7. The number of nitrogens with zero attached hydrogens (tertiary/aromatic N) is 2. The van der Waals surface area contributed by atoms with Gasteiger partial charge < -0.3 is 25.3 Å². The number of halogens is 9. The first-order chi connectivity index (χ1) is 22.0. The minimum absolute atomic E-state index is 0.0930. The number of imidazole rings is 1. The molecule has 0 unspecified atom stereocenters. The van der Waals surface area contributed by atoms with E-state index >= 15 is 0 Å². The number of fused-ring (bicyclic) bond motifs is 1. The highest BCUT2D eigenvalue weighted by Crippen LogP contribution is 2.57. The number of ether oxygens (including phenoxy) is 1. The summed E-state index contributed by atoms with van der Waals surface area (Å²) < 4.78 is 112. The first kappa shape index (κ1) is 34.5. The van der Waals surface area contributed by atoms with E-state index in [1.807, 2.05) is 0 Å². The fraction of sp³-hybridized carbons (Fsp3) is 0.500. The molecule has 0 radical (unpaired) electrons. The second-order valence-corrected chi connectivity index (χ2v) is 12.2. The molecule has 2 saturated carbocycles. The molecule has 1 heterocycles. The molecule has 2 fully saturated rings. The standard InChI is InChI=1S/C30H30ClF8N5O3/c1-44-22-12-23(47-14-24(32)33)18(25(45)41-17-5-3-16(4-6-17)29(34,35)36)11-21(22)43-27(44)42-20-10-15(2-7-19(20)31)13-40-26(46)28(8-9-28)30(37,38)39/h2,7,10-12,16-17,24H,3-6,8-9,13-14H2,1H3,(H,40,46)(H,41,45)(H,42,43). The molecule has 0 aliphatic heterocycles. The van der Waals surface area contributed by atoms with Crippen molar-refractivity contribution in [1.82, 2.24) is 20.2 Å². The van der Waals surface area contributed by atoms with Crippen LogP contribution in [0.5, 0.6) is 5.75 Å². The van der Waals surface area contributed by atoms with Crippen molar-refractivity contribution < 1.29 is 49.4 Å². The Balaban J connectivity index is 1.35. The summed E-state index contributed by atoms with van der Waals surface area (Å²) in [6, 6.07) is 6.63. The third kappa shape index (κ3) is 7.52. The van der Waals surface area contributed by atoms with Gasteiger partial charge in [-0.05, 0) is 62.3 Å². The number of rotatable bonds is 10. The van der Waals surface area contributed by atoms with Crippen LogP contribution in [0.1, 0.15) is 54.4 Å². The van der Waals surface area contributed by atoms with E-state index in [0.717, 1.165) is 0 Å². The van der Waals surface area contributed by atoms with E-state index in [0.29, 0.717) is 11.1 Å². The fourth-order valence-electron chi connectivity index (χ4n) is 5.62. The highest BCUT2D eigenvalue weighted by atomic mass is 35.5. The first-order valence-corrected chi connectivity index (χ1v) is 15.1. The quantitative estimate of drug-likeness (QED) is 0.192. The number of anilines is 2. The van der Waals surface area contributed by atoms with E-state index in [4.69, 9.17) is 16.3 Å². The van der Waals surface area contributed by atoms with Crippen LogP contribution >= 0.6 is 11.6 Å². The molecule has 2 amide bonds. The number of carbonyl (C=O) groups is 2. The molecule has 256 valence electrons. The zero-order chi connectivity index (χ0) is 34.3. The Hall–Kier alpha value is -3.82. The molecular formula is C30H30ClF8N5O3. The summed E-state index contributed by atoms with van der Waals surface area (Å²) in [6.07, 6.45) is -12.5. The zero-order valence-electron chi connectivity index (χ0n) is 24.8. The topological polar surface area (TPSA) is 97.3 Å². The van der Waals surface area contributed by atoms with Crippen molar-refractivity contribution in [2.75, 3.05) is 11.9 Å². The normalized spacial score (nSPS) is 19.5. The highest BCUT2D eigenvalue weighted by Gasteiger charge is 2.68. The summed E-state index contributed by atoms with van der Waals surface area (Å²) in [6.45, 7) is -1.22. The monoisotopic (exact) mass is 695 g/mol. The van der Waals surface area contributed by atoms with Gasteiger partial charge in [-0.15, -0.1) is 0 Å². The summed E-state index contributed by atoms with van der Waals surface area (Å²) in [5.41, 5.74) is -1.17. The van der Waals surface area contributed by atoms with Gasteiger partial charge in [0.05, 0.1) is 33.2 Å². The average molecular weight is 696 g/mol. The molecule has 3 N–H and O–H groups in total. The van der Waals surface area contributed by atoms with Crippen molar-refractivity contribution in [1.29, 1.82) is 0 Å². The molecule has 5 rings (SSSR count). The van der Waals surface area contributed by atoms with Crippen molar-refractivity contribution in [2.45, 2.75) is 69.9 Å². The van der Waals surface area contributed by atoms with Gasteiger partial charge in [0.15, 0.2) is 0 Å². The maximum absolute atomic E-state index is 13.3. The van der Waals surface area contributed by atoms with Crippen LogP contribution in [0.2, 0.25) is 5.02 Å². The van der Waals surface area contributed by atoms with Gasteiger partial charge in [-0.3, -0.25) is 9.59 Å². The van der Waals surface area contributed by atoms with E-state index in [1.54, 1.807) is 7.05 Å². The average Bonchev–Trinajstić information content (AvgIpc) is 3.77. The van der Waals surface area contributed by atoms with Gasteiger partial charge in [-0.25, -0.2) is 13.8 Å². The number of alkyl halides is 8. The van der Waals surface area contributed by atoms with E-state index in [9.17, 15) is 44.7 Å². The molecule has 2 aliphatic carbocycles. The number of carbonyl (C=O) groups excluding carboxylic acids is 2. The van der Waals surface area contributed by atoms with Gasteiger partial charge in [0.2, 0.25) is 11.9 Å². The zero-order valence-corrected chi connectivity index (χ0v) is 25.6. The Morgan fingerprint density at radius 2 is 1.74 bits per heavy atom. The smallest absolute Gasteiger partial charge is 0.403 e. The van der Waals surface area contributed by atoms with Crippen LogP contribution < -0.4 is 20.7 Å². The number of hydrogen-bond acceptors (Lipinski definition) is 5. The van der Waals surface area contributed by atoms with E-state index in [1.165, 1.54) is 34.9 Å². The molecule has 2 aromatic carbocycles. The van der Waals surface area contributed by atoms with E-state index in [-0.39, 0.29) is 78.6 Å². The minimum Gasteiger partial charge on any atom is -0.487 e. The largest absolute Gasteiger partial charge is 0.487 e. The number of aromatic nitrogens is 2. The molecule has 8 nitrogen and oxygen atoms in total. The summed E-state index contributed by atoms with van der Waals surface area (Å²) in [7, 11) is 1.58. The second kappa shape index (κ2) is 13.0. The van der Waals surface area contributed by atoms with E-state index in [2.05, 4.69) is 20.9 Å². The Kier molecular flexibility index (Phi) is 9.55. The summed E-state index contributed by atoms with van der Waals surface area (Å²) in [5.74, 6) is -3.28. The van der Waals surface area contributed by atoms with Crippen LogP contribution in [0.15, 0.2) is 30.3 Å². The lowest BCUT2D eigenvalue weighted by molar-refractivity contribution is -0.192. The number of benzene rings is 2. The summed E-state index contributed by atoms with van der Waals surface area (Å²) in [4.78, 5) is 30.0. The van der Waals surface area contributed by atoms with Crippen LogP contribution in [0.3, 0.4) is 0 Å². The molecule has 17 heteroatoms. The maximum atomic E-state index is 13.3. The van der Waals surface area contributed by atoms with Crippen LogP contribution in [0, 0.1) is 11.3 Å². The number of nitrogens with one attached hydrogen (secondary N) is 3. The van der Waals surface area contributed by atoms with Crippen molar-refractivity contribution in [2.24, 2.45) is 18.4 Å². The molecule has 0 saturated heterocycles. The number of aryl methyl sites for hydroxylation is 1. The molecule has 2 aliphatic rings. The Morgan fingerprint density at radius 1 is 1.06 bits per heavy atom. The van der Waals surface area contributed by atoms with Gasteiger partial charge in [0, 0.05) is 25.7 Å². The maximum Gasteiger partial charge on any atom is 0.403 e. The molecule has 0 spiro atoms. The van der Waals surface area contributed by atoms with Gasteiger partial charge in [-0.1, -0.05) is 17.7 Å². The van der Waals surface area contributed by atoms with Gasteiger partial charge in [0.25, 0.3) is 12.3 Å². The molecule has 0 bridgehead atoms. The minimum atomic E-state index is -4.65. The fourth-order valence-corrected chi connectivity index (χ4v) is 5.79. The molecule has 47 heavy (non-hydrogen) atoms. The third-order valence-electron chi connectivity index (χ3n) is 8.57. The van der Waals surface area contributed by atoms with Crippen molar-refractivity contribution in [3.63, 3.8) is 0 Å². The van der Waals surface area contributed by atoms with Crippen molar-refractivity contribution in [3.8, 4) is 5.75 Å². The Morgan fingerprint density at radius 3 is 2.34 bits per heavy atom. The predicted molar refractivity (Wildman–Crippen MR) is 156 cm³/mol. The summed E-state index contributed by atoms with van der Waals surface area (Å²) in [5, 5.41) is 8.22. The van der Waals surface area contributed by atoms with E-state index < -0.39 is 54.6 Å². The third-order valence-corrected chi connectivity index (χ3v) is 8.90. The molecular weight excluding hydrogens is 666 g/mol. The predicted octanol–water partition coefficient (Wildman–Crippen LogP) is 7.42. The number of hydrogen-bond donors (Lipinski definition) is 3. The van der Waals surface area contributed by atoms with Crippen LogP contribution in [-0.2, 0) is 18.4 Å². The van der Waals surface area contributed by atoms with Crippen LogP contribution in [-0.4, -0.2) is 52.8 Å². The molecule has 1 aromatic heterocycles. The van der Waals surface area contributed by atoms with Crippen molar-refractivity contribution >= 4 is 46.1 Å². The lowest BCUT2D eigenvalue weighted by Gasteiger charge is -2.30. The number of amides is 2. The van der Waals surface area contributed by atoms with Crippen LogP contribution in [0.4, 0.5) is 46.8 Å². The van der Waals surface area contributed by atoms with Crippen molar-refractivity contribution in [3.05, 3.63) is 46.5 Å². The lowest BCUT2D eigenvalue weighted by Crippen LogP contribution is -2.40. The Labute approximate surface area is 268 Å². The summed E-state index contributed by atoms with van der Waals surface area (Å²) >= 11 is 6.35. The lowest BCUT2D eigenvalue weighted by atomic mass is 9.85. The van der Waals surface area contributed by atoms with Gasteiger partial charge >= 0.3 is 12.4 Å². The van der Waals surface area contributed by atoms with Gasteiger partial charge in [-0.2, -0.15) is 26.3 Å². The second-order valence-electron chi connectivity index (χ2n) is 11.8. The molecule has 3 aromatic rings. The SMILES string of the molecule is Cn1c(Nc2cc(CNC(=O)C3(C(F)(F)F)CC3)ccc2Cl)nc2cc(C(=O)NC3CCC(C(F)(F)F)CC3)c(OCC(F)F)cc21. The molecule has 0 atom stereocenters. The Bertz CT molecular complexity index is 1650. The highest BCUT2D eigenvalue weighted by molar-refractivity contribution is 6.33. The van der Waals surface area contributed by atoms with Crippen LogP contribution in [0.25, 0.3) is 11.0 Å².